The third-order valence-corrected chi connectivity index (χ3v) is 4.60. The maximum atomic E-state index is 12.1. The number of rotatable bonds is 6. The summed E-state index contributed by atoms with van der Waals surface area (Å²) in [4.78, 5) is 17.0. The summed E-state index contributed by atoms with van der Waals surface area (Å²) in [7, 11) is 3.78. The highest BCUT2D eigenvalue weighted by atomic mass is 16.5. The van der Waals surface area contributed by atoms with E-state index in [0.717, 1.165) is 37.6 Å². The topological polar surface area (TPSA) is 56.8 Å². The normalized spacial score (nSPS) is 17.5. The minimum Gasteiger partial charge on any atom is -0.497 e. The molecule has 0 saturated carbocycles. The molecule has 1 fully saturated rings. The van der Waals surface area contributed by atoms with E-state index < -0.39 is 0 Å². The quantitative estimate of drug-likeness (QED) is 0.836. The SMILES string of the molecule is COc1ccc(NC(=O)NC[C@@H](C(C)C)N2CCN(C)CC2)cc1. The summed E-state index contributed by atoms with van der Waals surface area (Å²) in [5.41, 5.74) is 0.758. The molecule has 134 valence electrons. The Balaban J connectivity index is 1.83. The van der Waals surface area contributed by atoms with Crippen molar-refractivity contribution in [1.82, 2.24) is 15.1 Å². The number of likely N-dealkylation sites (N-methyl/N-ethyl adjacent to an activating group) is 1. The van der Waals surface area contributed by atoms with Gasteiger partial charge in [-0.15, -0.1) is 0 Å². The number of carbonyl (C=O) groups excluding carboxylic acids is 1. The molecule has 2 rings (SSSR count). The first-order valence-corrected chi connectivity index (χ1v) is 8.61. The molecule has 1 aliphatic heterocycles. The molecule has 6 nitrogen and oxygen atoms in total. The van der Waals surface area contributed by atoms with Crippen LogP contribution in [-0.4, -0.2) is 68.8 Å². The van der Waals surface area contributed by atoms with Gasteiger partial charge in [0, 0.05) is 44.5 Å². The summed E-state index contributed by atoms with van der Waals surface area (Å²) in [5, 5.41) is 5.88. The highest BCUT2D eigenvalue weighted by Crippen LogP contribution is 2.15. The van der Waals surface area contributed by atoms with E-state index >= 15 is 0 Å². The van der Waals surface area contributed by atoms with Gasteiger partial charge in [0.15, 0.2) is 0 Å². The smallest absolute Gasteiger partial charge is 0.319 e. The number of anilines is 1. The third kappa shape index (κ3) is 5.39. The number of carbonyl (C=O) groups is 1. The van der Waals surface area contributed by atoms with Gasteiger partial charge in [0.25, 0.3) is 0 Å². The largest absolute Gasteiger partial charge is 0.497 e. The molecule has 6 heteroatoms. The predicted molar refractivity (Wildman–Crippen MR) is 97.7 cm³/mol. The first-order chi connectivity index (χ1) is 11.5. The molecular weight excluding hydrogens is 304 g/mol. The van der Waals surface area contributed by atoms with Crippen LogP contribution in [0.2, 0.25) is 0 Å². The third-order valence-electron chi connectivity index (χ3n) is 4.60. The summed E-state index contributed by atoms with van der Waals surface area (Å²) >= 11 is 0. The Morgan fingerprint density at radius 1 is 1.17 bits per heavy atom. The van der Waals surface area contributed by atoms with Crippen LogP contribution >= 0.6 is 0 Å². The van der Waals surface area contributed by atoms with Crippen LogP contribution in [0.3, 0.4) is 0 Å². The van der Waals surface area contributed by atoms with Crippen molar-refractivity contribution in [2.75, 3.05) is 52.2 Å². The van der Waals surface area contributed by atoms with E-state index in [1.165, 1.54) is 0 Å². The highest BCUT2D eigenvalue weighted by molar-refractivity contribution is 5.89. The molecule has 0 bridgehead atoms. The second-order valence-electron chi connectivity index (χ2n) is 6.71. The molecule has 1 atom stereocenters. The Labute approximate surface area is 145 Å². The molecule has 0 radical (unpaired) electrons. The number of urea groups is 1. The minimum atomic E-state index is -0.167. The Hall–Kier alpha value is -1.79. The first-order valence-electron chi connectivity index (χ1n) is 8.61. The van der Waals surface area contributed by atoms with Crippen molar-refractivity contribution in [2.45, 2.75) is 19.9 Å². The number of hydrogen-bond acceptors (Lipinski definition) is 4. The van der Waals surface area contributed by atoms with Gasteiger partial charge < -0.3 is 20.3 Å². The Morgan fingerprint density at radius 3 is 2.33 bits per heavy atom. The lowest BCUT2D eigenvalue weighted by atomic mass is 10.0. The number of piperazine rings is 1. The van der Waals surface area contributed by atoms with E-state index in [-0.39, 0.29) is 6.03 Å². The Bertz CT molecular complexity index is 510. The molecular formula is C18H30N4O2. The van der Waals surface area contributed by atoms with Crippen LogP contribution in [0.5, 0.6) is 5.75 Å². The van der Waals surface area contributed by atoms with Crippen molar-refractivity contribution in [2.24, 2.45) is 5.92 Å². The van der Waals surface area contributed by atoms with Gasteiger partial charge in [-0.25, -0.2) is 4.79 Å². The van der Waals surface area contributed by atoms with Gasteiger partial charge >= 0.3 is 6.03 Å². The molecule has 0 spiro atoms. The lowest BCUT2D eigenvalue weighted by Crippen LogP contribution is -2.54. The molecule has 1 aromatic rings. The number of amides is 2. The van der Waals surface area contributed by atoms with E-state index in [2.05, 4.69) is 41.3 Å². The zero-order chi connectivity index (χ0) is 17.5. The number of benzene rings is 1. The van der Waals surface area contributed by atoms with Crippen LogP contribution in [0.15, 0.2) is 24.3 Å². The van der Waals surface area contributed by atoms with Crippen LogP contribution < -0.4 is 15.4 Å². The van der Waals surface area contributed by atoms with Crippen molar-refractivity contribution < 1.29 is 9.53 Å². The highest BCUT2D eigenvalue weighted by Gasteiger charge is 2.25. The number of hydrogen-bond donors (Lipinski definition) is 2. The van der Waals surface area contributed by atoms with Crippen LogP contribution in [-0.2, 0) is 0 Å². The van der Waals surface area contributed by atoms with Crippen molar-refractivity contribution in [3.05, 3.63) is 24.3 Å². The minimum absolute atomic E-state index is 0.167. The molecule has 2 N–H and O–H groups in total. The van der Waals surface area contributed by atoms with Crippen LogP contribution in [0.25, 0.3) is 0 Å². The van der Waals surface area contributed by atoms with Gasteiger partial charge in [-0.3, -0.25) is 4.90 Å². The van der Waals surface area contributed by atoms with Gasteiger partial charge in [0.2, 0.25) is 0 Å². The molecule has 0 aromatic heterocycles. The predicted octanol–water partition coefficient (Wildman–Crippen LogP) is 2.09. The zero-order valence-electron chi connectivity index (χ0n) is 15.2. The number of nitrogens with one attached hydrogen (secondary N) is 2. The van der Waals surface area contributed by atoms with E-state index in [9.17, 15) is 4.79 Å². The summed E-state index contributed by atoms with van der Waals surface area (Å²) < 4.78 is 5.12. The number of nitrogens with zero attached hydrogens (tertiary/aromatic N) is 2. The average Bonchev–Trinajstić information content (AvgIpc) is 2.57. The van der Waals surface area contributed by atoms with E-state index in [1.54, 1.807) is 7.11 Å². The van der Waals surface area contributed by atoms with Gasteiger partial charge in [0.1, 0.15) is 5.75 Å². The lowest BCUT2D eigenvalue weighted by molar-refractivity contribution is 0.0890. The fourth-order valence-corrected chi connectivity index (χ4v) is 2.99. The van der Waals surface area contributed by atoms with E-state index in [1.807, 2.05) is 24.3 Å². The first kappa shape index (κ1) is 18.5. The molecule has 1 aliphatic rings. The van der Waals surface area contributed by atoms with E-state index in [4.69, 9.17) is 4.74 Å². The lowest BCUT2D eigenvalue weighted by Gasteiger charge is -2.39. The summed E-state index contributed by atoms with van der Waals surface area (Å²) in [6.07, 6.45) is 0. The number of methoxy groups -OCH3 is 1. The Kier molecular flexibility index (Phi) is 6.87. The summed E-state index contributed by atoms with van der Waals surface area (Å²) in [5.74, 6) is 1.27. The average molecular weight is 334 g/mol. The van der Waals surface area contributed by atoms with Gasteiger partial charge in [-0.2, -0.15) is 0 Å². The van der Waals surface area contributed by atoms with Crippen molar-refractivity contribution in [1.29, 1.82) is 0 Å². The van der Waals surface area contributed by atoms with Crippen molar-refractivity contribution in [3.8, 4) is 5.75 Å². The van der Waals surface area contributed by atoms with Crippen molar-refractivity contribution in [3.63, 3.8) is 0 Å². The van der Waals surface area contributed by atoms with Crippen LogP contribution in [0.1, 0.15) is 13.8 Å². The fraction of sp³-hybridized carbons (Fsp3) is 0.611. The fourth-order valence-electron chi connectivity index (χ4n) is 2.99. The standard InChI is InChI=1S/C18H30N4O2/c1-14(2)17(22-11-9-21(3)10-12-22)13-19-18(23)20-15-5-7-16(24-4)8-6-15/h5-8,14,17H,9-13H2,1-4H3,(H2,19,20,23)/t17-/m0/s1. The van der Waals surface area contributed by atoms with E-state index in [0.29, 0.717) is 18.5 Å². The molecule has 24 heavy (non-hydrogen) atoms. The summed E-state index contributed by atoms with van der Waals surface area (Å²) in [6, 6.07) is 7.52. The van der Waals surface area contributed by atoms with Gasteiger partial charge in [-0.1, -0.05) is 13.8 Å². The molecule has 1 aromatic carbocycles. The Morgan fingerprint density at radius 2 is 1.79 bits per heavy atom. The maximum absolute atomic E-state index is 12.1. The second-order valence-corrected chi connectivity index (χ2v) is 6.71. The molecule has 1 saturated heterocycles. The number of ether oxygens (including phenoxy) is 1. The second kappa shape index (κ2) is 8.89. The molecule has 0 unspecified atom stereocenters. The zero-order valence-corrected chi connectivity index (χ0v) is 15.2. The molecule has 2 amide bonds. The molecule has 0 aliphatic carbocycles. The summed E-state index contributed by atoms with van der Waals surface area (Å²) in [6.45, 7) is 9.37. The van der Waals surface area contributed by atoms with Gasteiger partial charge in [0.05, 0.1) is 7.11 Å². The van der Waals surface area contributed by atoms with Crippen LogP contribution in [0, 0.1) is 5.92 Å². The monoisotopic (exact) mass is 334 g/mol. The molecule has 1 heterocycles. The maximum Gasteiger partial charge on any atom is 0.319 e. The van der Waals surface area contributed by atoms with Gasteiger partial charge in [-0.05, 0) is 37.2 Å². The van der Waals surface area contributed by atoms with Crippen molar-refractivity contribution >= 4 is 11.7 Å². The van der Waals surface area contributed by atoms with Crippen LogP contribution in [0.4, 0.5) is 10.5 Å².